The number of H-pyrrole nitrogens is 1. The Morgan fingerprint density at radius 2 is 2.07 bits per heavy atom. The van der Waals surface area contributed by atoms with Crippen molar-refractivity contribution in [2.45, 2.75) is 0 Å². The molecule has 4 N–H and O–H groups in total. The summed E-state index contributed by atoms with van der Waals surface area (Å²) in [4.78, 5) is 27.7. The zero-order valence-electron chi connectivity index (χ0n) is 6.78. The molecular weight excluding hydrogens is 213 g/mol. The summed E-state index contributed by atoms with van der Waals surface area (Å²) in [6, 6.07) is 2.78. The molecule has 0 aliphatic carbocycles. The molecule has 0 aliphatic heterocycles. The molecule has 0 spiro atoms. The van der Waals surface area contributed by atoms with Crippen molar-refractivity contribution in [1.29, 1.82) is 0 Å². The van der Waals surface area contributed by atoms with Gasteiger partial charge in [-0.05, 0) is 4.57 Å². The van der Waals surface area contributed by atoms with Crippen molar-refractivity contribution in [3.8, 4) is 0 Å². The number of pyridine rings is 1. The van der Waals surface area contributed by atoms with Crippen LogP contribution in [0.3, 0.4) is 0 Å². The summed E-state index contributed by atoms with van der Waals surface area (Å²) in [5, 5.41) is 10.1. The number of hydrogen-bond donors (Lipinski definition) is 2. The molecule has 76 valence electrons. The van der Waals surface area contributed by atoms with E-state index in [9.17, 15) is 10.1 Å². The number of rotatable bonds is 1. The lowest BCUT2D eigenvalue weighted by molar-refractivity contribution is -0.413. The third kappa shape index (κ3) is 5.95. The molecule has 0 saturated carbocycles. The number of aromatic nitrogens is 1. The number of nitro groups is 1. The minimum atomic E-state index is -3.12. The van der Waals surface area contributed by atoms with Gasteiger partial charge in [-0.2, -0.15) is 4.89 Å². The molecular formula is C5H7N3O5P+. The fourth-order valence-electron chi connectivity index (χ4n) is 0.542. The van der Waals surface area contributed by atoms with Gasteiger partial charge < -0.3 is 4.89 Å². The maximum Gasteiger partial charge on any atom is 0.485 e. The number of hydrogen-bond acceptors (Lipinski definition) is 5. The zero-order valence-corrected chi connectivity index (χ0v) is 7.68. The van der Waals surface area contributed by atoms with Gasteiger partial charge in [-0.25, -0.2) is 4.98 Å². The van der Waals surface area contributed by atoms with Crippen molar-refractivity contribution >= 4 is 19.8 Å². The first-order chi connectivity index (χ1) is 6.43. The van der Waals surface area contributed by atoms with Crippen LogP contribution < -0.4 is 15.6 Å². The van der Waals surface area contributed by atoms with Gasteiger partial charge in [-0.15, -0.1) is 0 Å². The highest BCUT2D eigenvalue weighted by Gasteiger charge is 2.05. The zero-order chi connectivity index (χ0) is 11.1. The molecule has 1 heterocycles. The second kappa shape index (κ2) is 5.92. The first-order valence-electron chi connectivity index (χ1n) is 3.18. The SMILES string of the molecule is Nc1ccc([N+](=O)[O-])c[nH+]1.O=[P+]([O-])O. The molecule has 0 aliphatic rings. The molecule has 1 rings (SSSR count). The van der Waals surface area contributed by atoms with Crippen LogP contribution in [0.4, 0.5) is 11.5 Å². The molecule has 8 nitrogen and oxygen atoms in total. The van der Waals surface area contributed by atoms with Crippen LogP contribution in [0.25, 0.3) is 0 Å². The first kappa shape index (κ1) is 12.4. The van der Waals surface area contributed by atoms with Gasteiger partial charge in [0, 0.05) is 12.1 Å². The van der Waals surface area contributed by atoms with Crippen LogP contribution in [0.2, 0.25) is 0 Å². The van der Waals surface area contributed by atoms with E-state index in [4.69, 9.17) is 20.1 Å². The Bertz CT molecular complexity index is 323. The van der Waals surface area contributed by atoms with Gasteiger partial charge in [-0.1, -0.05) is 0 Å². The van der Waals surface area contributed by atoms with E-state index in [1.54, 1.807) is 0 Å². The highest BCUT2D eigenvalue weighted by Crippen LogP contribution is 2.05. The van der Waals surface area contributed by atoms with E-state index in [0.29, 0.717) is 5.82 Å². The lowest BCUT2D eigenvalue weighted by atomic mass is 10.4. The second-order valence-electron chi connectivity index (χ2n) is 2.00. The molecule has 9 heteroatoms. The molecule has 1 unspecified atom stereocenters. The Morgan fingerprint density at radius 3 is 2.36 bits per heavy atom. The van der Waals surface area contributed by atoms with E-state index >= 15 is 0 Å². The van der Waals surface area contributed by atoms with Crippen LogP contribution in [0.15, 0.2) is 18.3 Å². The van der Waals surface area contributed by atoms with Gasteiger partial charge in [0.05, 0.1) is 4.92 Å². The molecule has 14 heavy (non-hydrogen) atoms. The van der Waals surface area contributed by atoms with Gasteiger partial charge in [-0.3, -0.25) is 15.8 Å². The number of aromatic amines is 1. The van der Waals surface area contributed by atoms with Crippen LogP contribution in [-0.4, -0.2) is 9.82 Å². The third-order valence-electron chi connectivity index (χ3n) is 1.03. The third-order valence-corrected chi connectivity index (χ3v) is 1.03. The smallest absolute Gasteiger partial charge is 0.485 e. The Morgan fingerprint density at radius 1 is 1.57 bits per heavy atom. The highest BCUT2D eigenvalue weighted by molar-refractivity contribution is 7.29. The fourth-order valence-corrected chi connectivity index (χ4v) is 0.542. The van der Waals surface area contributed by atoms with Crippen LogP contribution in [0, 0.1) is 10.1 Å². The summed E-state index contributed by atoms with van der Waals surface area (Å²) in [6.07, 6.45) is 1.25. The molecule has 1 aromatic rings. The number of nitrogens with two attached hydrogens (primary N) is 1. The lowest BCUT2D eigenvalue weighted by Crippen LogP contribution is -2.09. The maximum absolute atomic E-state index is 10.1. The minimum Gasteiger partial charge on any atom is -0.567 e. The van der Waals surface area contributed by atoms with Crippen molar-refractivity contribution in [2.24, 2.45) is 0 Å². The Hall–Kier alpha value is -1.63. The van der Waals surface area contributed by atoms with Gasteiger partial charge >= 0.3 is 13.9 Å². The Balaban J connectivity index is 0.000000364. The summed E-state index contributed by atoms with van der Waals surface area (Å²) >= 11 is 0. The normalized spacial score (nSPS) is 9.71. The molecule has 0 fully saturated rings. The standard InChI is InChI=1S/C5H5N3O2.HO3P/c6-5-2-1-4(3-7-5)8(9)10;1-4(2)3/h1-3H,(H2,6,7);(H,1,2,3)/p+1. The van der Waals surface area contributed by atoms with Gasteiger partial charge in [0.25, 0.3) is 5.82 Å². The number of nitrogens with one attached hydrogen (secondary N) is 1. The van der Waals surface area contributed by atoms with Crippen molar-refractivity contribution in [1.82, 2.24) is 0 Å². The largest absolute Gasteiger partial charge is 0.567 e. The van der Waals surface area contributed by atoms with Crippen LogP contribution in [0.1, 0.15) is 0 Å². The van der Waals surface area contributed by atoms with E-state index in [-0.39, 0.29) is 5.69 Å². The second-order valence-corrected chi connectivity index (χ2v) is 2.47. The van der Waals surface area contributed by atoms with E-state index in [2.05, 4.69) is 4.98 Å². The van der Waals surface area contributed by atoms with Crippen molar-refractivity contribution in [3.05, 3.63) is 28.4 Å². The monoisotopic (exact) mass is 220 g/mol. The first-order valence-corrected chi connectivity index (χ1v) is 4.31. The van der Waals surface area contributed by atoms with E-state index in [0.717, 1.165) is 0 Å². The molecule has 0 saturated heterocycles. The van der Waals surface area contributed by atoms with Gasteiger partial charge in [0.2, 0.25) is 0 Å². The number of nitrogens with zero attached hydrogens (tertiary/aromatic N) is 1. The van der Waals surface area contributed by atoms with E-state index in [1.165, 1.54) is 18.3 Å². The fraction of sp³-hybridized carbons (Fsp3) is 0. The maximum atomic E-state index is 10.1. The lowest BCUT2D eigenvalue weighted by Gasteiger charge is -1.85. The van der Waals surface area contributed by atoms with Crippen molar-refractivity contribution in [2.75, 3.05) is 5.73 Å². The van der Waals surface area contributed by atoms with Crippen LogP contribution in [0.5, 0.6) is 0 Å². The van der Waals surface area contributed by atoms with Gasteiger partial charge in [0.1, 0.15) is 0 Å². The summed E-state index contributed by atoms with van der Waals surface area (Å²) in [5.74, 6) is 0.408. The average Bonchev–Trinajstić information content (AvgIpc) is 2.03. The predicted octanol–water partition coefficient (Wildman–Crippen LogP) is -1.01. The highest BCUT2D eigenvalue weighted by atomic mass is 31.1. The summed E-state index contributed by atoms with van der Waals surface area (Å²) < 4.78 is 8.59. The quantitative estimate of drug-likeness (QED) is 0.352. The molecule has 0 aromatic carbocycles. The molecule has 1 atom stereocenters. The summed E-state index contributed by atoms with van der Waals surface area (Å²) in [5.41, 5.74) is 5.26. The van der Waals surface area contributed by atoms with Crippen molar-refractivity contribution in [3.63, 3.8) is 0 Å². The molecule has 0 amide bonds. The number of anilines is 1. The molecule has 0 bridgehead atoms. The van der Waals surface area contributed by atoms with E-state index < -0.39 is 13.2 Å². The van der Waals surface area contributed by atoms with Crippen LogP contribution >= 0.6 is 8.25 Å². The summed E-state index contributed by atoms with van der Waals surface area (Å²) in [6.45, 7) is 0. The molecule has 1 aromatic heterocycles. The topological polar surface area (TPSA) is 144 Å². The number of nitrogen functional groups attached to an aromatic ring is 1. The molecule has 0 radical (unpaired) electrons. The van der Waals surface area contributed by atoms with Gasteiger partial charge in [0.15, 0.2) is 6.20 Å². The average molecular weight is 220 g/mol. The predicted molar refractivity (Wildman–Crippen MR) is 43.9 cm³/mol. The summed E-state index contributed by atoms with van der Waals surface area (Å²) in [7, 11) is -3.12. The minimum absolute atomic E-state index is 0.00852. The van der Waals surface area contributed by atoms with E-state index in [1.807, 2.05) is 0 Å². The Labute approximate surface area is 79.1 Å². The van der Waals surface area contributed by atoms with Crippen molar-refractivity contribution < 1.29 is 24.3 Å². The Kier molecular flexibility index (Phi) is 5.23. The van der Waals surface area contributed by atoms with Crippen LogP contribution in [-0.2, 0) is 4.57 Å².